The van der Waals surface area contributed by atoms with E-state index in [2.05, 4.69) is 30.4 Å². The van der Waals surface area contributed by atoms with E-state index in [9.17, 15) is 13.2 Å². The zero-order chi connectivity index (χ0) is 20.7. The summed E-state index contributed by atoms with van der Waals surface area (Å²) in [4.78, 5) is 8.00. The lowest BCUT2D eigenvalue weighted by molar-refractivity contribution is -0.274. The Bertz CT molecular complexity index is 939. The van der Waals surface area contributed by atoms with Crippen LogP contribution in [0.3, 0.4) is 0 Å². The number of guanidine groups is 1. The van der Waals surface area contributed by atoms with Gasteiger partial charge in [0.2, 0.25) is 0 Å². The van der Waals surface area contributed by atoms with E-state index in [0.717, 1.165) is 11.3 Å². The molecule has 0 radical (unpaired) electrons. The van der Waals surface area contributed by atoms with Crippen molar-refractivity contribution in [3.05, 3.63) is 72.3 Å². The fourth-order valence-electron chi connectivity index (χ4n) is 2.57. The molecule has 29 heavy (non-hydrogen) atoms. The van der Waals surface area contributed by atoms with E-state index in [-0.39, 0.29) is 12.3 Å². The highest BCUT2D eigenvalue weighted by atomic mass is 19.4. The van der Waals surface area contributed by atoms with E-state index in [1.165, 1.54) is 18.5 Å². The van der Waals surface area contributed by atoms with Crippen molar-refractivity contribution < 1.29 is 17.9 Å². The molecule has 0 saturated heterocycles. The van der Waals surface area contributed by atoms with E-state index in [1.807, 2.05) is 24.3 Å². The lowest BCUT2D eigenvalue weighted by Gasteiger charge is -2.15. The maximum atomic E-state index is 12.5. The molecule has 0 saturated carbocycles. The van der Waals surface area contributed by atoms with Gasteiger partial charge in [0.05, 0.1) is 5.69 Å². The second-order valence-corrected chi connectivity index (χ2v) is 5.94. The molecule has 0 unspecified atom stereocenters. The van der Waals surface area contributed by atoms with Gasteiger partial charge in [-0.15, -0.1) is 13.2 Å². The number of nitrogens with zero attached hydrogens (tertiary/aromatic N) is 4. The van der Waals surface area contributed by atoms with Gasteiger partial charge in [-0.1, -0.05) is 30.3 Å². The Hall–Kier alpha value is -3.56. The van der Waals surface area contributed by atoms with Gasteiger partial charge < -0.3 is 15.4 Å². The molecular formula is C19H19F3N6O. The molecule has 2 aromatic carbocycles. The van der Waals surface area contributed by atoms with Crippen molar-refractivity contribution in [3.63, 3.8) is 0 Å². The Morgan fingerprint density at radius 2 is 1.79 bits per heavy atom. The first kappa shape index (κ1) is 20.2. The predicted molar refractivity (Wildman–Crippen MR) is 102 cm³/mol. The van der Waals surface area contributed by atoms with E-state index in [4.69, 9.17) is 0 Å². The van der Waals surface area contributed by atoms with Crippen molar-refractivity contribution in [2.24, 2.45) is 4.99 Å². The maximum absolute atomic E-state index is 12.5. The molecule has 1 aromatic heterocycles. The fourth-order valence-corrected chi connectivity index (χ4v) is 2.57. The van der Waals surface area contributed by atoms with Crippen molar-refractivity contribution in [2.75, 3.05) is 7.05 Å². The Morgan fingerprint density at radius 3 is 2.45 bits per heavy atom. The van der Waals surface area contributed by atoms with Crippen LogP contribution >= 0.6 is 0 Å². The number of benzene rings is 2. The Balaban J connectivity index is 1.55. The molecule has 3 aromatic rings. The number of hydrogen-bond acceptors (Lipinski definition) is 4. The predicted octanol–water partition coefficient (Wildman–Crippen LogP) is 3.03. The number of halogens is 3. The summed E-state index contributed by atoms with van der Waals surface area (Å²) in [7, 11) is 1.58. The third-order valence-electron chi connectivity index (χ3n) is 3.95. The summed E-state index contributed by atoms with van der Waals surface area (Å²) in [6, 6.07) is 13.7. The first-order valence-electron chi connectivity index (χ1n) is 8.67. The average Bonchev–Trinajstić information content (AvgIpc) is 3.23. The van der Waals surface area contributed by atoms with E-state index < -0.39 is 6.36 Å². The van der Waals surface area contributed by atoms with Crippen LogP contribution < -0.4 is 15.4 Å². The van der Waals surface area contributed by atoms with Crippen LogP contribution in [-0.2, 0) is 13.1 Å². The SMILES string of the molecule is CN=C(NCc1ccc(-n2cncn2)cc1)NCc1ccccc1OC(F)(F)F. The number of hydrogen-bond donors (Lipinski definition) is 2. The van der Waals surface area contributed by atoms with Crippen LogP contribution in [0.1, 0.15) is 11.1 Å². The largest absolute Gasteiger partial charge is 0.573 e. The van der Waals surface area contributed by atoms with Crippen molar-refractivity contribution >= 4 is 5.96 Å². The maximum Gasteiger partial charge on any atom is 0.573 e. The molecule has 0 aliphatic carbocycles. The molecule has 0 amide bonds. The van der Waals surface area contributed by atoms with Crippen molar-refractivity contribution in [1.29, 1.82) is 0 Å². The van der Waals surface area contributed by atoms with Crippen LogP contribution in [0.15, 0.2) is 66.2 Å². The smallest absolute Gasteiger partial charge is 0.405 e. The molecule has 10 heteroatoms. The van der Waals surface area contributed by atoms with Crippen LogP contribution in [0.4, 0.5) is 13.2 Å². The number of aromatic nitrogens is 3. The molecule has 7 nitrogen and oxygen atoms in total. The Morgan fingerprint density at radius 1 is 1.07 bits per heavy atom. The number of ether oxygens (including phenoxy) is 1. The summed E-state index contributed by atoms with van der Waals surface area (Å²) in [6.45, 7) is 0.606. The second-order valence-electron chi connectivity index (χ2n) is 5.94. The number of para-hydroxylation sites is 1. The van der Waals surface area contributed by atoms with E-state index >= 15 is 0 Å². The highest BCUT2D eigenvalue weighted by Gasteiger charge is 2.31. The van der Waals surface area contributed by atoms with Crippen LogP contribution in [0.2, 0.25) is 0 Å². The average molecular weight is 404 g/mol. The fraction of sp³-hybridized carbons (Fsp3) is 0.211. The summed E-state index contributed by atoms with van der Waals surface area (Å²) in [5.74, 6) is 0.207. The zero-order valence-corrected chi connectivity index (χ0v) is 15.5. The second kappa shape index (κ2) is 9.09. The molecule has 2 N–H and O–H groups in total. The van der Waals surface area contributed by atoms with Gasteiger partial charge in [-0.05, 0) is 23.8 Å². The lowest BCUT2D eigenvalue weighted by Crippen LogP contribution is -2.36. The Labute approximate surface area is 165 Å². The third kappa shape index (κ3) is 5.96. The summed E-state index contributed by atoms with van der Waals surface area (Å²) >= 11 is 0. The summed E-state index contributed by atoms with van der Waals surface area (Å²) in [5.41, 5.74) is 2.25. The van der Waals surface area contributed by atoms with Crippen molar-refractivity contribution in [2.45, 2.75) is 19.5 Å². The summed E-state index contributed by atoms with van der Waals surface area (Å²) in [5, 5.41) is 10.2. The molecular weight excluding hydrogens is 385 g/mol. The molecule has 0 atom stereocenters. The summed E-state index contributed by atoms with van der Waals surface area (Å²) < 4.78 is 43.3. The van der Waals surface area contributed by atoms with Gasteiger partial charge in [-0.25, -0.2) is 9.67 Å². The topological polar surface area (TPSA) is 76.4 Å². The number of nitrogens with one attached hydrogen (secondary N) is 2. The van der Waals surface area contributed by atoms with Crippen LogP contribution in [0.5, 0.6) is 5.75 Å². The number of aliphatic imine (C=N–C) groups is 1. The number of alkyl halides is 3. The zero-order valence-electron chi connectivity index (χ0n) is 15.5. The minimum atomic E-state index is -4.74. The van der Waals surface area contributed by atoms with Crippen molar-refractivity contribution in [1.82, 2.24) is 25.4 Å². The van der Waals surface area contributed by atoms with Crippen molar-refractivity contribution in [3.8, 4) is 11.4 Å². The molecule has 0 fully saturated rings. The van der Waals surface area contributed by atoms with Gasteiger partial charge in [-0.2, -0.15) is 5.10 Å². The molecule has 152 valence electrons. The standard InChI is InChI=1S/C19H19F3N6O/c1-23-18(26-11-15-4-2-3-5-17(15)29-19(20,21)22)25-10-14-6-8-16(9-7-14)28-13-24-12-27-28/h2-9,12-13H,10-11H2,1H3,(H2,23,25,26). The first-order chi connectivity index (χ1) is 13.9. The van der Waals surface area contributed by atoms with Crippen LogP contribution in [0, 0.1) is 0 Å². The first-order valence-corrected chi connectivity index (χ1v) is 8.67. The molecule has 0 aliphatic heterocycles. The molecule has 3 rings (SSSR count). The monoisotopic (exact) mass is 404 g/mol. The highest BCUT2D eigenvalue weighted by molar-refractivity contribution is 5.79. The molecule has 0 bridgehead atoms. The molecule has 0 aliphatic rings. The van der Waals surface area contributed by atoms with Gasteiger partial charge in [0.15, 0.2) is 5.96 Å². The van der Waals surface area contributed by atoms with Gasteiger partial charge in [0, 0.05) is 25.7 Å². The lowest BCUT2D eigenvalue weighted by atomic mass is 10.2. The van der Waals surface area contributed by atoms with E-state index in [0.29, 0.717) is 18.1 Å². The Kier molecular flexibility index (Phi) is 6.32. The highest BCUT2D eigenvalue weighted by Crippen LogP contribution is 2.26. The van der Waals surface area contributed by atoms with Crippen LogP contribution in [0.25, 0.3) is 5.69 Å². The number of rotatable bonds is 6. The van der Waals surface area contributed by atoms with Crippen LogP contribution in [-0.4, -0.2) is 34.1 Å². The molecule has 0 spiro atoms. The molecule has 1 heterocycles. The minimum Gasteiger partial charge on any atom is -0.405 e. The van der Waals surface area contributed by atoms with Gasteiger partial charge in [-0.3, -0.25) is 4.99 Å². The van der Waals surface area contributed by atoms with E-state index in [1.54, 1.807) is 30.2 Å². The summed E-state index contributed by atoms with van der Waals surface area (Å²) in [6.07, 6.45) is -1.67. The van der Waals surface area contributed by atoms with Gasteiger partial charge >= 0.3 is 6.36 Å². The normalized spacial score (nSPS) is 11.9. The quantitative estimate of drug-likeness (QED) is 0.488. The van der Waals surface area contributed by atoms with Gasteiger partial charge in [0.1, 0.15) is 18.4 Å². The third-order valence-corrected chi connectivity index (χ3v) is 3.95. The van der Waals surface area contributed by atoms with Gasteiger partial charge in [0.25, 0.3) is 0 Å². The minimum absolute atomic E-state index is 0.122.